The van der Waals surface area contributed by atoms with Gasteiger partial charge in [0.25, 0.3) is 5.91 Å². The third-order valence-electron chi connectivity index (χ3n) is 7.15. The number of piperidine rings is 1. The Labute approximate surface area is 220 Å². The number of anilines is 1. The van der Waals surface area contributed by atoms with Gasteiger partial charge in [-0.15, -0.1) is 0 Å². The lowest BCUT2D eigenvalue weighted by atomic mass is 9.89. The van der Waals surface area contributed by atoms with E-state index in [4.69, 9.17) is 0 Å². The van der Waals surface area contributed by atoms with E-state index in [1.54, 1.807) is 24.3 Å². The van der Waals surface area contributed by atoms with E-state index in [2.05, 4.69) is 34.5 Å². The molecular weight excluding hydrogens is 485 g/mol. The molecule has 5 rings (SSSR count). The summed E-state index contributed by atoms with van der Waals surface area (Å²) in [6, 6.07) is 30.4. The minimum atomic E-state index is -4.54. The van der Waals surface area contributed by atoms with Crippen LogP contribution in [0, 0.1) is 0 Å². The van der Waals surface area contributed by atoms with Gasteiger partial charge < -0.3 is 5.32 Å². The Hall–Kier alpha value is -3.90. The van der Waals surface area contributed by atoms with Crippen molar-refractivity contribution in [2.75, 3.05) is 18.4 Å². The minimum absolute atomic E-state index is 0.0131. The molecule has 0 saturated carbocycles. The zero-order chi connectivity index (χ0) is 26.5. The number of nitrogens with one attached hydrogen (secondary N) is 1. The second kappa shape index (κ2) is 11.2. The first-order valence-corrected chi connectivity index (χ1v) is 12.8. The maximum absolute atomic E-state index is 13.4. The number of carbonyl (C=O) groups excluding carboxylic acids is 1. The molecule has 0 radical (unpaired) electrons. The third kappa shape index (κ3) is 6.14. The van der Waals surface area contributed by atoms with Gasteiger partial charge in [0.05, 0.1) is 5.56 Å². The number of halogens is 3. The lowest BCUT2D eigenvalue weighted by Crippen LogP contribution is -2.32. The number of nitrogens with zero attached hydrogens (tertiary/aromatic N) is 1. The molecular formula is C32H29F3N2O. The Balaban J connectivity index is 1.26. The fourth-order valence-corrected chi connectivity index (χ4v) is 5.08. The molecule has 3 nitrogen and oxygen atoms in total. The maximum atomic E-state index is 13.4. The molecule has 1 amide bonds. The summed E-state index contributed by atoms with van der Waals surface area (Å²) in [5.74, 6) is -0.128. The van der Waals surface area contributed by atoms with Gasteiger partial charge in [-0.05, 0) is 78.4 Å². The lowest BCUT2D eigenvalue weighted by Gasteiger charge is -2.32. The quantitative estimate of drug-likeness (QED) is 0.283. The monoisotopic (exact) mass is 514 g/mol. The van der Waals surface area contributed by atoms with E-state index in [1.807, 2.05) is 36.4 Å². The lowest BCUT2D eigenvalue weighted by molar-refractivity contribution is -0.137. The van der Waals surface area contributed by atoms with Crippen LogP contribution in [-0.4, -0.2) is 23.9 Å². The van der Waals surface area contributed by atoms with Crippen LogP contribution in [0.2, 0.25) is 0 Å². The largest absolute Gasteiger partial charge is 0.416 e. The fraction of sp³-hybridized carbons (Fsp3) is 0.219. The van der Waals surface area contributed by atoms with Crippen LogP contribution in [0.4, 0.5) is 18.9 Å². The molecule has 38 heavy (non-hydrogen) atoms. The number of hydrogen-bond acceptors (Lipinski definition) is 2. The van der Waals surface area contributed by atoms with Crippen molar-refractivity contribution in [1.82, 2.24) is 4.90 Å². The highest BCUT2D eigenvalue weighted by Crippen LogP contribution is 2.34. The van der Waals surface area contributed by atoms with Gasteiger partial charge in [0.15, 0.2) is 0 Å². The van der Waals surface area contributed by atoms with Crippen LogP contribution in [0.5, 0.6) is 0 Å². The summed E-state index contributed by atoms with van der Waals surface area (Å²) in [7, 11) is 0. The van der Waals surface area contributed by atoms with Gasteiger partial charge in [-0.1, -0.05) is 78.9 Å². The van der Waals surface area contributed by atoms with E-state index in [0.717, 1.165) is 44.6 Å². The molecule has 0 unspecified atom stereocenters. The molecule has 1 fully saturated rings. The Bertz CT molecular complexity index is 1360. The highest BCUT2D eigenvalue weighted by Gasteiger charge is 2.32. The number of benzene rings is 4. The van der Waals surface area contributed by atoms with Gasteiger partial charge in [0.1, 0.15) is 0 Å². The molecule has 1 N–H and O–H groups in total. The summed E-state index contributed by atoms with van der Waals surface area (Å²) in [5, 5.41) is 2.80. The number of carbonyl (C=O) groups is 1. The molecule has 0 aliphatic carbocycles. The van der Waals surface area contributed by atoms with Crippen LogP contribution >= 0.6 is 0 Å². The molecule has 0 aromatic heterocycles. The van der Waals surface area contributed by atoms with E-state index >= 15 is 0 Å². The molecule has 0 atom stereocenters. The second-order valence-corrected chi connectivity index (χ2v) is 9.74. The van der Waals surface area contributed by atoms with Crippen molar-refractivity contribution in [3.8, 4) is 11.1 Å². The predicted molar refractivity (Wildman–Crippen MR) is 145 cm³/mol. The Morgan fingerprint density at radius 2 is 1.45 bits per heavy atom. The molecule has 1 aliphatic heterocycles. The first-order valence-electron chi connectivity index (χ1n) is 12.8. The summed E-state index contributed by atoms with van der Waals surface area (Å²) in [6.45, 7) is 3.00. The highest BCUT2D eigenvalue weighted by atomic mass is 19.4. The molecule has 0 bridgehead atoms. The number of rotatable bonds is 6. The summed E-state index contributed by atoms with van der Waals surface area (Å²) in [5.41, 5.74) is 3.36. The molecule has 1 heterocycles. The number of amides is 1. The average molecular weight is 515 g/mol. The first-order chi connectivity index (χ1) is 18.4. The smallest absolute Gasteiger partial charge is 0.322 e. The average Bonchev–Trinajstić information content (AvgIpc) is 2.94. The van der Waals surface area contributed by atoms with Crippen molar-refractivity contribution in [2.45, 2.75) is 31.5 Å². The van der Waals surface area contributed by atoms with E-state index in [9.17, 15) is 18.0 Å². The van der Waals surface area contributed by atoms with Crippen molar-refractivity contribution in [2.24, 2.45) is 0 Å². The molecule has 6 heteroatoms. The third-order valence-corrected chi connectivity index (χ3v) is 7.15. The number of hydrogen-bond donors (Lipinski definition) is 1. The summed E-state index contributed by atoms with van der Waals surface area (Å²) >= 11 is 0. The number of alkyl halides is 3. The van der Waals surface area contributed by atoms with Crippen molar-refractivity contribution in [1.29, 1.82) is 0 Å². The molecule has 194 valence electrons. The normalized spacial score (nSPS) is 14.8. The fourth-order valence-electron chi connectivity index (χ4n) is 5.08. The van der Waals surface area contributed by atoms with E-state index < -0.39 is 17.6 Å². The van der Waals surface area contributed by atoms with Gasteiger partial charge in [-0.25, -0.2) is 0 Å². The second-order valence-electron chi connectivity index (χ2n) is 9.74. The standard InChI is InChI=1S/C32H29F3N2O/c33-32(34,35)27-13-16-29(26-9-5-2-6-10-26)30(21-27)31(38)36-28-14-11-24(12-15-28)25-17-19-37(20-18-25)22-23-7-3-1-4-8-23/h1-16,21,25H,17-20,22H2,(H,36,38). The molecule has 4 aromatic carbocycles. The van der Waals surface area contributed by atoms with Crippen molar-refractivity contribution in [3.05, 3.63) is 125 Å². The van der Waals surface area contributed by atoms with Crippen LogP contribution in [0.25, 0.3) is 11.1 Å². The summed E-state index contributed by atoms with van der Waals surface area (Å²) in [6.07, 6.45) is -2.42. The van der Waals surface area contributed by atoms with Gasteiger partial charge in [0, 0.05) is 17.8 Å². The Morgan fingerprint density at radius 1 is 0.816 bits per heavy atom. The number of likely N-dealkylation sites (tertiary alicyclic amines) is 1. The van der Waals surface area contributed by atoms with Crippen LogP contribution in [-0.2, 0) is 12.7 Å². The topological polar surface area (TPSA) is 32.3 Å². The maximum Gasteiger partial charge on any atom is 0.416 e. The van der Waals surface area contributed by atoms with Crippen molar-refractivity contribution >= 4 is 11.6 Å². The SMILES string of the molecule is O=C(Nc1ccc(C2CCN(Cc3ccccc3)CC2)cc1)c1cc(C(F)(F)F)ccc1-c1ccccc1. The highest BCUT2D eigenvalue weighted by molar-refractivity contribution is 6.08. The van der Waals surface area contributed by atoms with E-state index in [-0.39, 0.29) is 5.56 Å². The van der Waals surface area contributed by atoms with Crippen LogP contribution in [0.3, 0.4) is 0 Å². The van der Waals surface area contributed by atoms with Crippen LogP contribution < -0.4 is 5.32 Å². The van der Waals surface area contributed by atoms with Gasteiger partial charge >= 0.3 is 6.18 Å². The zero-order valence-electron chi connectivity index (χ0n) is 20.9. The van der Waals surface area contributed by atoms with E-state index in [1.165, 1.54) is 17.2 Å². The Morgan fingerprint density at radius 3 is 2.08 bits per heavy atom. The van der Waals surface area contributed by atoms with Crippen LogP contribution in [0.1, 0.15) is 45.8 Å². The zero-order valence-corrected chi connectivity index (χ0v) is 20.9. The van der Waals surface area contributed by atoms with E-state index in [0.29, 0.717) is 22.7 Å². The molecule has 4 aromatic rings. The molecule has 1 saturated heterocycles. The summed E-state index contributed by atoms with van der Waals surface area (Å²) < 4.78 is 40.2. The van der Waals surface area contributed by atoms with Crippen molar-refractivity contribution < 1.29 is 18.0 Å². The van der Waals surface area contributed by atoms with Gasteiger partial charge in [-0.2, -0.15) is 13.2 Å². The van der Waals surface area contributed by atoms with Gasteiger partial charge in [-0.3, -0.25) is 9.69 Å². The Kier molecular flexibility index (Phi) is 7.61. The summed E-state index contributed by atoms with van der Waals surface area (Å²) in [4.78, 5) is 15.6. The predicted octanol–water partition coefficient (Wildman–Crippen LogP) is 8.00. The molecule has 1 aliphatic rings. The first kappa shape index (κ1) is 25.7. The minimum Gasteiger partial charge on any atom is -0.322 e. The van der Waals surface area contributed by atoms with Crippen molar-refractivity contribution in [3.63, 3.8) is 0 Å². The van der Waals surface area contributed by atoms with Crippen LogP contribution in [0.15, 0.2) is 103 Å². The molecule has 0 spiro atoms. The van der Waals surface area contributed by atoms with Gasteiger partial charge in [0.2, 0.25) is 0 Å².